The molecule has 2 aliphatic heterocycles. The Morgan fingerprint density at radius 3 is 1.52 bits per heavy atom. The van der Waals surface area contributed by atoms with Gasteiger partial charge in [-0.15, -0.1) is 0 Å². The van der Waals surface area contributed by atoms with E-state index in [-0.39, 0.29) is 0 Å². The molecule has 2 aromatic heterocycles. The van der Waals surface area contributed by atoms with Crippen LogP contribution < -0.4 is 31.8 Å². The van der Waals surface area contributed by atoms with Gasteiger partial charge in [0.05, 0.1) is 16.6 Å². The van der Waals surface area contributed by atoms with Gasteiger partial charge in [0.15, 0.2) is 14.3 Å². The fourth-order valence-electron chi connectivity index (χ4n) is 10.9. The van der Waals surface area contributed by atoms with Gasteiger partial charge in [-0.3, -0.25) is 4.40 Å². The van der Waals surface area contributed by atoms with Crippen molar-refractivity contribution >= 4 is 106 Å². The summed E-state index contributed by atoms with van der Waals surface area (Å²) in [5.74, 6) is 0. The Bertz CT molecular complexity index is 4030. The second-order valence-electron chi connectivity index (χ2n) is 16.9. The van der Waals surface area contributed by atoms with Crippen molar-refractivity contribution in [2.45, 2.75) is 0 Å². The zero-order chi connectivity index (χ0) is 41.6. The molecule has 0 atom stereocenters. The molecule has 0 aliphatic carbocycles. The Labute approximate surface area is 362 Å². The van der Waals surface area contributed by atoms with Gasteiger partial charge in [0.1, 0.15) is 5.65 Å². The lowest BCUT2D eigenvalue weighted by Crippen LogP contribution is -2.20. The van der Waals surface area contributed by atoms with E-state index in [2.05, 4.69) is 132 Å². The van der Waals surface area contributed by atoms with Gasteiger partial charge in [-0.2, -0.15) is 0 Å². The third kappa shape index (κ3) is 4.64. The minimum absolute atomic E-state index is 0.804. The van der Waals surface area contributed by atoms with Crippen LogP contribution >= 0.6 is 14.3 Å². The van der Waals surface area contributed by atoms with Crippen LogP contribution in [0.1, 0.15) is 0 Å². The molecule has 6 heteroatoms. The molecule has 12 aromatic rings. The second-order valence-corrected chi connectivity index (χ2v) is 22.3. The van der Waals surface area contributed by atoms with Gasteiger partial charge < -0.3 is 9.13 Å². The quantitative estimate of drug-likeness (QED) is 0.132. The first-order valence-corrected chi connectivity index (χ1v) is 24.7. The van der Waals surface area contributed by atoms with Crippen LogP contribution in [0.2, 0.25) is 0 Å². The van der Waals surface area contributed by atoms with E-state index in [4.69, 9.17) is 4.98 Å². The number of hydrogen-bond acceptors (Lipinski definition) is 3. The normalized spacial score (nSPS) is 14.4. The highest BCUT2D eigenvalue weighted by molar-refractivity contribution is 7.87. The summed E-state index contributed by atoms with van der Waals surface area (Å²) in [6.45, 7) is 0. The Morgan fingerprint density at radius 1 is 0.365 bits per heavy atom. The van der Waals surface area contributed by atoms with E-state index in [1.807, 2.05) is 78.9 Å². The molecule has 0 unspecified atom stereocenters. The SMILES string of the molecule is O=P1(c2ccc3cc(-c4ccc5c6c7ccccc7ccc6c6nc7ccc(P8(=O)c9ccccc9-c9ccccc98)cc7n6c5c4)ccc3c2)c2ccccc2-c2ccccc21. The molecule has 0 saturated carbocycles. The fraction of sp³-hybridized carbons (Fsp3) is 0. The van der Waals surface area contributed by atoms with Gasteiger partial charge in [0.2, 0.25) is 0 Å². The van der Waals surface area contributed by atoms with Gasteiger partial charge in [0.25, 0.3) is 0 Å². The first-order valence-electron chi connectivity index (χ1n) is 21.3. The largest absolute Gasteiger partial charge is 0.309 e. The van der Waals surface area contributed by atoms with E-state index < -0.39 is 14.3 Å². The van der Waals surface area contributed by atoms with Crippen LogP contribution in [0.4, 0.5) is 0 Å². The highest BCUT2D eigenvalue weighted by Crippen LogP contribution is 2.54. The molecule has 0 spiro atoms. The molecular formula is C57H34N2O2P2. The Morgan fingerprint density at radius 2 is 0.857 bits per heavy atom. The van der Waals surface area contributed by atoms with Crippen molar-refractivity contribution in [1.29, 1.82) is 0 Å². The third-order valence-corrected chi connectivity index (χ3v) is 20.0. The van der Waals surface area contributed by atoms with Crippen LogP contribution in [0.25, 0.3) is 93.3 Å². The minimum atomic E-state index is -3.19. The lowest BCUT2D eigenvalue weighted by molar-refractivity contribution is 0.592. The molecule has 0 amide bonds. The predicted molar refractivity (Wildman–Crippen MR) is 265 cm³/mol. The van der Waals surface area contributed by atoms with Crippen LogP contribution in [-0.2, 0) is 9.13 Å². The zero-order valence-electron chi connectivity index (χ0n) is 33.7. The number of hydrogen-bond donors (Lipinski definition) is 0. The van der Waals surface area contributed by atoms with Gasteiger partial charge in [-0.1, -0.05) is 164 Å². The summed E-state index contributed by atoms with van der Waals surface area (Å²) in [5.41, 5.74) is 10.0. The Hall–Kier alpha value is -7.35. The summed E-state index contributed by atoms with van der Waals surface area (Å²) in [4.78, 5) is 5.35. The van der Waals surface area contributed by atoms with Gasteiger partial charge >= 0.3 is 0 Å². The van der Waals surface area contributed by atoms with E-state index in [1.165, 1.54) is 16.2 Å². The maximum Gasteiger partial charge on any atom is 0.172 e. The number of fused-ring (bicyclic) bond motifs is 17. The third-order valence-electron chi connectivity index (χ3n) is 13.8. The highest BCUT2D eigenvalue weighted by Gasteiger charge is 2.41. The van der Waals surface area contributed by atoms with Crippen molar-refractivity contribution < 1.29 is 9.13 Å². The lowest BCUT2D eigenvalue weighted by atomic mass is 9.96. The average molecular weight is 841 g/mol. The number of rotatable bonds is 3. The standard InChI is InChI=1S/C57H34N2O2P2/c60-62(52-17-7-3-13-43(52)44-14-4-8-18-53(44)62)40-26-23-37-31-36(21-22-38(37)32-40)39-25-28-47-50(33-39)59-51-34-41(63(61)54-19-9-5-15-45(54)46-16-6-10-20-55(46)63)27-30-49(51)58-57(59)48-29-24-35-11-1-2-12-42(35)56(47)48/h1-34H. The van der Waals surface area contributed by atoms with Crippen LogP contribution in [-0.4, -0.2) is 9.38 Å². The first-order chi connectivity index (χ1) is 31.0. The molecule has 0 radical (unpaired) electrons. The number of nitrogens with zero attached hydrogens (tertiary/aromatic N) is 2. The zero-order valence-corrected chi connectivity index (χ0v) is 35.5. The molecule has 0 bridgehead atoms. The minimum Gasteiger partial charge on any atom is -0.309 e. The molecule has 294 valence electrons. The van der Waals surface area contributed by atoms with Crippen LogP contribution in [0.5, 0.6) is 0 Å². The summed E-state index contributed by atoms with van der Waals surface area (Å²) >= 11 is 0. The number of imidazole rings is 1. The van der Waals surface area contributed by atoms with Crippen LogP contribution in [0.15, 0.2) is 206 Å². The maximum atomic E-state index is 15.7. The summed E-state index contributed by atoms with van der Waals surface area (Å²) in [7, 11) is -6.24. The topological polar surface area (TPSA) is 51.4 Å². The van der Waals surface area contributed by atoms with Gasteiger partial charge in [-0.25, -0.2) is 4.98 Å². The van der Waals surface area contributed by atoms with E-state index in [0.717, 1.165) is 109 Å². The number of benzene rings is 10. The summed E-state index contributed by atoms with van der Waals surface area (Å²) < 4.78 is 33.3. The molecule has 10 aromatic carbocycles. The molecule has 0 fully saturated rings. The summed E-state index contributed by atoms with van der Waals surface area (Å²) in [6.07, 6.45) is 0. The van der Waals surface area contributed by atoms with Crippen molar-refractivity contribution in [2.75, 3.05) is 0 Å². The van der Waals surface area contributed by atoms with Crippen molar-refractivity contribution in [3.05, 3.63) is 206 Å². The van der Waals surface area contributed by atoms with Gasteiger partial charge in [0, 0.05) is 48.0 Å². The molecule has 2 aliphatic rings. The average Bonchev–Trinajstić information content (AvgIpc) is 3.96. The first kappa shape index (κ1) is 35.3. The van der Waals surface area contributed by atoms with Gasteiger partial charge in [-0.05, 0) is 97.4 Å². The van der Waals surface area contributed by atoms with Crippen LogP contribution in [0.3, 0.4) is 0 Å². The number of aromatic nitrogens is 2. The predicted octanol–water partition coefficient (Wildman–Crippen LogP) is 12.0. The molecular weight excluding hydrogens is 807 g/mol. The molecule has 0 N–H and O–H groups in total. The van der Waals surface area contributed by atoms with E-state index >= 15 is 9.13 Å². The Balaban J connectivity index is 0.980. The summed E-state index contributed by atoms with van der Waals surface area (Å²) in [5, 5.41) is 13.1. The lowest BCUT2D eigenvalue weighted by Gasteiger charge is -2.17. The molecule has 14 rings (SSSR count). The van der Waals surface area contributed by atoms with Crippen molar-refractivity contribution in [2.24, 2.45) is 0 Å². The summed E-state index contributed by atoms with van der Waals surface area (Å²) in [6, 6.07) is 71.4. The Kier molecular flexibility index (Phi) is 7.06. The second kappa shape index (κ2) is 12.6. The van der Waals surface area contributed by atoms with Crippen molar-refractivity contribution in [3.8, 4) is 33.4 Å². The molecule has 4 nitrogen and oxygen atoms in total. The molecule has 0 saturated heterocycles. The monoisotopic (exact) mass is 840 g/mol. The molecule has 4 heterocycles. The van der Waals surface area contributed by atoms with E-state index in [1.54, 1.807) is 0 Å². The van der Waals surface area contributed by atoms with E-state index in [9.17, 15) is 0 Å². The fourth-order valence-corrected chi connectivity index (χ4v) is 17.0. The molecule has 63 heavy (non-hydrogen) atoms. The maximum absolute atomic E-state index is 15.7. The highest BCUT2D eigenvalue weighted by atomic mass is 31.2. The van der Waals surface area contributed by atoms with Crippen molar-refractivity contribution in [1.82, 2.24) is 9.38 Å². The number of pyridine rings is 1. The van der Waals surface area contributed by atoms with E-state index in [0.29, 0.717) is 0 Å². The smallest absolute Gasteiger partial charge is 0.172 e. The van der Waals surface area contributed by atoms with Crippen molar-refractivity contribution in [3.63, 3.8) is 0 Å². The van der Waals surface area contributed by atoms with Crippen LogP contribution in [0, 0.1) is 0 Å².